The summed E-state index contributed by atoms with van der Waals surface area (Å²) in [6.45, 7) is -0.552. The SMILES string of the molecule is OCC1CC(O)CC(O)O1.OCC1O[C@H](O)CC(O)[C@@H]1O. The van der Waals surface area contributed by atoms with Gasteiger partial charge in [0, 0.05) is 19.3 Å². The van der Waals surface area contributed by atoms with E-state index in [9.17, 15) is 0 Å². The van der Waals surface area contributed by atoms with E-state index in [0.717, 1.165) is 0 Å². The number of hydrogen-bond donors (Lipinski definition) is 7. The summed E-state index contributed by atoms with van der Waals surface area (Å²) in [5, 5.41) is 62.1. The molecule has 2 aliphatic rings. The molecule has 126 valence electrons. The number of ether oxygens (including phenoxy) is 2. The first-order chi connectivity index (χ1) is 9.87. The zero-order chi connectivity index (χ0) is 16.0. The average molecular weight is 312 g/mol. The Morgan fingerprint density at radius 1 is 0.762 bits per heavy atom. The second kappa shape index (κ2) is 8.93. The van der Waals surface area contributed by atoms with Crippen LogP contribution in [0.15, 0.2) is 0 Å². The minimum atomic E-state index is -1.11. The molecular weight excluding hydrogens is 288 g/mol. The van der Waals surface area contributed by atoms with Crippen LogP contribution in [0.2, 0.25) is 0 Å². The molecule has 9 heteroatoms. The molecule has 2 saturated heterocycles. The summed E-state index contributed by atoms with van der Waals surface area (Å²) in [5.74, 6) is 0. The lowest BCUT2D eigenvalue weighted by Crippen LogP contribution is -2.49. The van der Waals surface area contributed by atoms with Crippen molar-refractivity contribution in [2.75, 3.05) is 13.2 Å². The van der Waals surface area contributed by atoms with Crippen molar-refractivity contribution in [3.8, 4) is 0 Å². The van der Waals surface area contributed by atoms with Crippen molar-refractivity contribution in [1.29, 1.82) is 0 Å². The molecule has 0 spiro atoms. The van der Waals surface area contributed by atoms with Crippen LogP contribution in [-0.4, -0.2) is 92.1 Å². The first kappa shape index (κ1) is 18.7. The van der Waals surface area contributed by atoms with Gasteiger partial charge >= 0.3 is 0 Å². The smallest absolute Gasteiger partial charge is 0.157 e. The summed E-state index contributed by atoms with van der Waals surface area (Å²) in [5.41, 5.74) is 0. The lowest BCUT2D eigenvalue weighted by atomic mass is 10.0. The van der Waals surface area contributed by atoms with E-state index >= 15 is 0 Å². The summed E-state index contributed by atoms with van der Waals surface area (Å²) in [6.07, 6.45) is -5.32. The fraction of sp³-hybridized carbons (Fsp3) is 1.00. The number of hydrogen-bond acceptors (Lipinski definition) is 9. The zero-order valence-electron chi connectivity index (χ0n) is 11.5. The van der Waals surface area contributed by atoms with Crippen molar-refractivity contribution in [1.82, 2.24) is 0 Å². The van der Waals surface area contributed by atoms with Gasteiger partial charge in [0.25, 0.3) is 0 Å². The van der Waals surface area contributed by atoms with Gasteiger partial charge in [-0.05, 0) is 0 Å². The molecule has 2 fully saturated rings. The van der Waals surface area contributed by atoms with E-state index in [-0.39, 0.29) is 19.4 Å². The van der Waals surface area contributed by atoms with Crippen molar-refractivity contribution in [3.63, 3.8) is 0 Å². The van der Waals surface area contributed by atoms with Gasteiger partial charge < -0.3 is 45.2 Å². The van der Waals surface area contributed by atoms with E-state index in [1.165, 1.54) is 0 Å². The van der Waals surface area contributed by atoms with Crippen LogP contribution in [0.25, 0.3) is 0 Å². The Hall–Kier alpha value is -0.360. The molecule has 2 rings (SSSR count). The molecule has 21 heavy (non-hydrogen) atoms. The van der Waals surface area contributed by atoms with E-state index < -0.39 is 49.7 Å². The fourth-order valence-electron chi connectivity index (χ4n) is 2.17. The standard InChI is InChI=1S/C6H12O5.C6H12O4/c7-2-4-6(10)3(8)1-5(9)11-4;7-3-5-1-4(8)2-6(9)10-5/h3-10H,1-2H2;4-9H,1-3H2/t3?,4?,5-,6-;/m0./s1. The maximum absolute atomic E-state index is 9.11. The van der Waals surface area contributed by atoms with Crippen LogP contribution in [0.3, 0.4) is 0 Å². The summed E-state index contributed by atoms with van der Waals surface area (Å²) in [4.78, 5) is 0. The number of rotatable bonds is 2. The quantitative estimate of drug-likeness (QED) is 0.276. The molecule has 2 heterocycles. The second-order valence-corrected chi connectivity index (χ2v) is 5.13. The summed E-state index contributed by atoms with van der Waals surface area (Å²) in [7, 11) is 0. The normalized spacial score (nSPS) is 43.9. The Kier molecular flexibility index (Phi) is 7.95. The number of aliphatic hydroxyl groups is 7. The van der Waals surface area contributed by atoms with Crippen LogP contribution in [-0.2, 0) is 9.47 Å². The molecule has 0 aromatic carbocycles. The highest BCUT2D eigenvalue weighted by atomic mass is 16.6. The zero-order valence-corrected chi connectivity index (χ0v) is 11.5. The highest BCUT2D eigenvalue weighted by Gasteiger charge is 2.35. The highest BCUT2D eigenvalue weighted by molar-refractivity contribution is 4.81. The molecule has 9 nitrogen and oxygen atoms in total. The third-order valence-corrected chi connectivity index (χ3v) is 3.29. The van der Waals surface area contributed by atoms with Gasteiger partial charge in [0.15, 0.2) is 12.6 Å². The monoisotopic (exact) mass is 312 g/mol. The van der Waals surface area contributed by atoms with Gasteiger partial charge in [-0.25, -0.2) is 0 Å². The first-order valence-electron chi connectivity index (χ1n) is 6.80. The minimum Gasteiger partial charge on any atom is -0.394 e. The van der Waals surface area contributed by atoms with E-state index in [4.69, 9.17) is 45.2 Å². The Morgan fingerprint density at radius 3 is 1.90 bits per heavy atom. The Balaban J connectivity index is 0.000000211. The van der Waals surface area contributed by atoms with Crippen LogP contribution in [0.4, 0.5) is 0 Å². The maximum Gasteiger partial charge on any atom is 0.157 e. The van der Waals surface area contributed by atoms with Crippen molar-refractivity contribution >= 4 is 0 Å². The molecule has 7 N–H and O–H groups in total. The van der Waals surface area contributed by atoms with E-state index in [0.29, 0.717) is 6.42 Å². The second-order valence-electron chi connectivity index (χ2n) is 5.13. The summed E-state index contributed by atoms with van der Waals surface area (Å²) >= 11 is 0. The van der Waals surface area contributed by atoms with Crippen LogP contribution in [0.1, 0.15) is 19.3 Å². The predicted molar refractivity (Wildman–Crippen MR) is 67.8 cm³/mol. The van der Waals surface area contributed by atoms with Crippen molar-refractivity contribution in [2.45, 2.75) is 62.4 Å². The van der Waals surface area contributed by atoms with Crippen LogP contribution in [0.5, 0.6) is 0 Å². The fourth-order valence-corrected chi connectivity index (χ4v) is 2.17. The van der Waals surface area contributed by atoms with Crippen LogP contribution in [0, 0.1) is 0 Å². The summed E-state index contributed by atoms with van der Waals surface area (Å²) < 4.78 is 9.57. The predicted octanol–water partition coefficient (Wildman–Crippen LogP) is -3.36. The van der Waals surface area contributed by atoms with Gasteiger partial charge in [0.1, 0.15) is 12.2 Å². The number of aliphatic hydroxyl groups excluding tert-OH is 7. The van der Waals surface area contributed by atoms with E-state index in [1.54, 1.807) is 0 Å². The summed E-state index contributed by atoms with van der Waals surface area (Å²) in [6, 6.07) is 0. The maximum atomic E-state index is 9.11. The topological polar surface area (TPSA) is 160 Å². The molecule has 7 atom stereocenters. The van der Waals surface area contributed by atoms with Gasteiger partial charge in [0.05, 0.1) is 31.5 Å². The van der Waals surface area contributed by atoms with E-state index in [2.05, 4.69) is 0 Å². The largest absolute Gasteiger partial charge is 0.394 e. The lowest BCUT2D eigenvalue weighted by molar-refractivity contribution is -0.239. The van der Waals surface area contributed by atoms with Crippen LogP contribution < -0.4 is 0 Å². The van der Waals surface area contributed by atoms with Gasteiger partial charge in [-0.2, -0.15) is 0 Å². The molecule has 0 bridgehead atoms. The minimum absolute atomic E-state index is 0.0162. The van der Waals surface area contributed by atoms with Crippen molar-refractivity contribution in [3.05, 3.63) is 0 Å². The van der Waals surface area contributed by atoms with Gasteiger partial charge in [-0.1, -0.05) is 0 Å². The average Bonchev–Trinajstić information content (AvgIpc) is 2.42. The Bertz CT molecular complexity index is 280. The molecule has 0 aliphatic carbocycles. The molecule has 0 saturated carbocycles. The van der Waals surface area contributed by atoms with E-state index in [1.807, 2.05) is 0 Å². The molecule has 0 radical (unpaired) electrons. The molecule has 5 unspecified atom stereocenters. The van der Waals surface area contributed by atoms with Gasteiger partial charge in [-0.15, -0.1) is 0 Å². The molecule has 2 aliphatic heterocycles. The third kappa shape index (κ3) is 6.10. The van der Waals surface area contributed by atoms with Crippen LogP contribution >= 0.6 is 0 Å². The third-order valence-electron chi connectivity index (χ3n) is 3.29. The lowest BCUT2D eigenvalue weighted by Gasteiger charge is -2.33. The molecule has 0 aromatic rings. The molecule has 0 amide bonds. The highest BCUT2D eigenvalue weighted by Crippen LogP contribution is 2.18. The Labute approximate surface area is 122 Å². The van der Waals surface area contributed by atoms with Crippen molar-refractivity contribution in [2.24, 2.45) is 0 Å². The molecular formula is C12H24O9. The van der Waals surface area contributed by atoms with Crippen molar-refractivity contribution < 1.29 is 45.2 Å². The Morgan fingerprint density at radius 2 is 1.38 bits per heavy atom. The van der Waals surface area contributed by atoms with Gasteiger partial charge in [-0.3, -0.25) is 0 Å². The van der Waals surface area contributed by atoms with Gasteiger partial charge in [0.2, 0.25) is 0 Å². The first-order valence-corrected chi connectivity index (χ1v) is 6.80. The molecule has 0 aromatic heterocycles.